The van der Waals surface area contributed by atoms with Gasteiger partial charge in [-0.2, -0.15) is 23.5 Å². The molecule has 10 amide bonds. The number of thioether (sulfide) groups is 2. The number of rotatable bonds is 12. The molecule has 0 saturated carbocycles. The number of carboxylic acids is 2. The zero-order valence-corrected chi connectivity index (χ0v) is 53.7. The Morgan fingerprint density at radius 1 is 0.611 bits per heavy atom. The van der Waals surface area contributed by atoms with Gasteiger partial charge in [0, 0.05) is 60.7 Å². The molecule has 4 aromatic rings. The third kappa shape index (κ3) is 23.4. The lowest BCUT2D eigenvalue weighted by Crippen LogP contribution is -2.61. The highest BCUT2D eigenvalue weighted by atomic mass is 32.2. The summed E-state index contributed by atoms with van der Waals surface area (Å²) >= 11 is 2.38. The average molecular weight is 1350 g/mol. The van der Waals surface area contributed by atoms with E-state index in [0.29, 0.717) is 59.6 Å². The van der Waals surface area contributed by atoms with Gasteiger partial charge >= 0.3 is 11.9 Å². The summed E-state index contributed by atoms with van der Waals surface area (Å²) in [4.78, 5) is 180. The number of phenolic OH excluding ortho intramolecular Hbond substituents is 1. The molecule has 14 N–H and O–H groups in total. The number of aromatic hydroxyl groups is 1. The van der Waals surface area contributed by atoms with Crippen LogP contribution < -0.4 is 53.0 Å². The molecule has 0 spiro atoms. The van der Waals surface area contributed by atoms with Gasteiger partial charge < -0.3 is 83.0 Å². The van der Waals surface area contributed by atoms with Crippen LogP contribution in [0.2, 0.25) is 0 Å². The number of phenols is 1. The minimum Gasteiger partial charge on any atom is -0.508 e. The van der Waals surface area contributed by atoms with Crippen molar-refractivity contribution in [2.24, 2.45) is 10.9 Å². The number of carbonyl (C=O) groups excluding carboxylic acids is 10. The van der Waals surface area contributed by atoms with Gasteiger partial charge in [0.1, 0.15) is 78.7 Å². The molecule has 3 aromatic carbocycles. The van der Waals surface area contributed by atoms with E-state index in [1.165, 1.54) is 60.4 Å². The van der Waals surface area contributed by atoms with E-state index in [1.54, 1.807) is 42.5 Å². The molecule has 4 heterocycles. The van der Waals surface area contributed by atoms with Gasteiger partial charge in [0.15, 0.2) is 0 Å². The van der Waals surface area contributed by atoms with Gasteiger partial charge in [-0.15, -0.1) is 0 Å². The third-order valence-electron chi connectivity index (χ3n) is 15.5. The number of nitrogens with two attached hydrogens (primary N) is 1. The number of hydrogen-bond donors (Lipinski definition) is 13. The summed E-state index contributed by atoms with van der Waals surface area (Å²) in [6.07, 6.45) is 3.67. The summed E-state index contributed by atoms with van der Waals surface area (Å²) in [7, 11) is 0. The number of aliphatic carboxylic acids is 2. The van der Waals surface area contributed by atoms with E-state index in [2.05, 4.69) is 57.7 Å². The van der Waals surface area contributed by atoms with Crippen LogP contribution in [-0.4, -0.2) is 193 Å². The van der Waals surface area contributed by atoms with Crippen molar-refractivity contribution in [1.82, 2.24) is 57.4 Å². The molecule has 7 rings (SSSR count). The normalized spacial score (nSPS) is 24.5. The summed E-state index contributed by atoms with van der Waals surface area (Å²) in [5.74, 6) is -12.1. The van der Waals surface area contributed by atoms with E-state index in [4.69, 9.17) is 15.3 Å². The Bertz CT molecular complexity index is 3380. The first-order chi connectivity index (χ1) is 45.6. The Morgan fingerprint density at radius 2 is 1.18 bits per heavy atom. The van der Waals surface area contributed by atoms with Crippen molar-refractivity contribution in [2.75, 3.05) is 31.3 Å². The number of aromatic amines is 1. The number of imidazole rings is 1. The number of benzene rings is 3. The Hall–Kier alpha value is -9.72. The number of aromatic nitrogens is 2. The summed E-state index contributed by atoms with van der Waals surface area (Å²) in [5, 5.41) is 54.3. The van der Waals surface area contributed by atoms with Crippen LogP contribution in [0.3, 0.4) is 0 Å². The number of amides is 10. The number of oxime groups is 1. The molecule has 3 aliphatic heterocycles. The highest BCUT2D eigenvalue weighted by Crippen LogP contribution is 2.27. The molecular formula is C63H79N13O17S2. The fraction of sp³-hybridized carbons (Fsp3) is 0.460. The van der Waals surface area contributed by atoms with Crippen LogP contribution in [0.25, 0.3) is 0 Å². The molecular weight excluding hydrogens is 1270 g/mol. The number of ether oxygens (including phenoxy) is 1. The first kappa shape index (κ1) is 72.7. The van der Waals surface area contributed by atoms with Crippen molar-refractivity contribution in [3.63, 3.8) is 0 Å². The zero-order chi connectivity index (χ0) is 68.4. The molecule has 9 atom stereocenters. The molecule has 95 heavy (non-hydrogen) atoms. The lowest BCUT2D eigenvalue weighted by Gasteiger charge is -2.31. The molecule has 0 aliphatic carbocycles. The number of fused-ring (bicyclic) bond motifs is 6. The van der Waals surface area contributed by atoms with E-state index in [-0.39, 0.29) is 80.4 Å². The molecule has 32 heteroatoms. The van der Waals surface area contributed by atoms with Gasteiger partial charge in [-0.3, -0.25) is 57.5 Å². The Labute approximate surface area is 554 Å². The van der Waals surface area contributed by atoms with Crippen LogP contribution in [-0.2, 0) is 93.1 Å². The topological polar surface area (TPSA) is 451 Å². The second kappa shape index (κ2) is 36.7. The van der Waals surface area contributed by atoms with E-state index < -0.39 is 138 Å². The predicted molar refractivity (Wildman–Crippen MR) is 346 cm³/mol. The Kier molecular flexibility index (Phi) is 28.1. The van der Waals surface area contributed by atoms with Crippen molar-refractivity contribution >= 4 is 101 Å². The van der Waals surface area contributed by atoms with Gasteiger partial charge in [-0.25, -0.2) is 4.98 Å². The van der Waals surface area contributed by atoms with Crippen LogP contribution in [0, 0.1) is 0 Å². The maximum atomic E-state index is 15.1. The summed E-state index contributed by atoms with van der Waals surface area (Å²) in [5.41, 5.74) is 8.65. The first-order valence-electron chi connectivity index (χ1n) is 30.9. The van der Waals surface area contributed by atoms with Crippen LogP contribution in [0.1, 0.15) is 92.7 Å². The monoisotopic (exact) mass is 1350 g/mol. The fourth-order valence-electron chi connectivity index (χ4n) is 10.6. The molecule has 3 aliphatic rings. The highest BCUT2D eigenvalue weighted by molar-refractivity contribution is 7.98. The van der Waals surface area contributed by atoms with Crippen LogP contribution in [0.15, 0.2) is 90.5 Å². The minimum absolute atomic E-state index is 0.0150. The van der Waals surface area contributed by atoms with Crippen molar-refractivity contribution in [2.45, 2.75) is 150 Å². The molecule has 1 saturated heterocycles. The summed E-state index contributed by atoms with van der Waals surface area (Å²) in [6.45, 7) is 1.89. The van der Waals surface area contributed by atoms with Gasteiger partial charge in [0.25, 0.3) is 5.91 Å². The average Bonchev–Trinajstić information content (AvgIpc) is 1.79. The fourth-order valence-corrected chi connectivity index (χ4v) is 12.6. The highest BCUT2D eigenvalue weighted by Gasteiger charge is 2.41. The molecule has 4 bridgehead atoms. The predicted octanol–water partition coefficient (Wildman–Crippen LogP) is -0.00730. The van der Waals surface area contributed by atoms with Crippen molar-refractivity contribution in [1.29, 1.82) is 0 Å². The van der Waals surface area contributed by atoms with Crippen molar-refractivity contribution < 1.29 is 82.4 Å². The number of nitrogens with one attached hydrogen (secondary N) is 9. The molecule has 1 aromatic heterocycles. The molecule has 0 radical (unpaired) electrons. The van der Waals surface area contributed by atoms with Gasteiger partial charge in [-0.05, 0) is 91.5 Å². The molecule has 30 nitrogen and oxygen atoms in total. The number of nitrogens with zero attached hydrogens (tertiary/aromatic N) is 3. The Morgan fingerprint density at radius 3 is 1.83 bits per heavy atom. The van der Waals surface area contributed by atoms with Gasteiger partial charge in [0.2, 0.25) is 53.2 Å². The number of primary amides is 1. The molecule has 510 valence electrons. The SMILES string of the molecule is CC[C@@H]1NC(=O)[C@H](CC(=O)O)NC(=O)[C@@H]2CCCN2C(=O)[C@H](Cc2ccccc2)NC(=O)[C@@H]2CSCc3cc(cc(c3)OCCCCCCO/N=C/C(=O)N[C@@H](CC(=O)O)C(=O)N2)CSC[C@@H](C(N)=O)NC(=O)[C@H](Cc2cnc[nH]2)NC(=O)[C@H](Cc2ccc(O)cc2)NC1=O. The maximum Gasteiger partial charge on any atom is 0.305 e. The number of carbonyl (C=O) groups is 12. The first-order valence-corrected chi connectivity index (χ1v) is 33.3. The van der Waals surface area contributed by atoms with Gasteiger partial charge in [-0.1, -0.05) is 60.6 Å². The molecule has 1 fully saturated rings. The second-order valence-electron chi connectivity index (χ2n) is 22.9. The smallest absolute Gasteiger partial charge is 0.305 e. The molecule has 0 unspecified atom stereocenters. The van der Waals surface area contributed by atoms with Crippen LogP contribution in [0.4, 0.5) is 0 Å². The quantitative estimate of drug-likeness (QED) is 0.0887. The summed E-state index contributed by atoms with van der Waals surface area (Å²) in [6, 6.07) is 5.85. The lowest BCUT2D eigenvalue weighted by molar-refractivity contribution is -0.144. The minimum atomic E-state index is -1.86. The van der Waals surface area contributed by atoms with Crippen molar-refractivity contribution in [3.8, 4) is 11.5 Å². The van der Waals surface area contributed by atoms with Crippen LogP contribution in [0.5, 0.6) is 11.5 Å². The van der Waals surface area contributed by atoms with Crippen molar-refractivity contribution in [3.05, 3.63) is 113 Å². The van der Waals surface area contributed by atoms with E-state index in [1.807, 2.05) is 6.07 Å². The van der Waals surface area contributed by atoms with E-state index >= 15 is 4.79 Å². The third-order valence-corrected chi connectivity index (χ3v) is 17.7. The van der Waals surface area contributed by atoms with E-state index in [9.17, 15) is 68.1 Å². The summed E-state index contributed by atoms with van der Waals surface area (Å²) < 4.78 is 6.27. The lowest BCUT2D eigenvalue weighted by atomic mass is 10.0. The Balaban J connectivity index is 1.28. The maximum absolute atomic E-state index is 15.1. The standard InChI is InChI=1S/C63H79N13O17S2/c1-2-43-56(84)70-44(24-37-14-16-41(77)17-15-37)57(85)71-45(26-40-29-65-35-66-40)58(86)74-49(55(64)83)33-94-31-38-21-39-23-42(22-38)92-19-8-3-4-9-20-93-67-30-52(78)68-46(27-53(79)80)59(87)75-50(34-95-32-39)61(89)73-48(25-36-11-6-5-7-12-36)63(91)76-18-10-13-51(76)62(90)72-47(28-54(81)82)60(88)69-43/h5-7,11-12,14-17,21-23,29-30,35,43-51,77H,2-4,8-10,13,18-20,24-28,31-34H2,1H3,(H2,64,83)(H,65,66)(H,68,78)(H,69,88)(H,70,84)(H,71,85)(H,72,90)(H,73,89)(H,74,86)(H,75,87)(H,79,80)(H,81,82)/b67-30+/t43-,44-,45-,46-,47-,48-,49-,50-,51-/m0/s1. The zero-order valence-electron chi connectivity index (χ0n) is 52.1. The number of carboxylic acid groups (broad SMARTS) is 2. The largest absolute Gasteiger partial charge is 0.508 e. The number of H-pyrrole nitrogens is 1. The van der Waals surface area contributed by atoms with Gasteiger partial charge in [0.05, 0.1) is 25.8 Å². The van der Waals surface area contributed by atoms with Crippen LogP contribution >= 0.6 is 23.5 Å². The number of hydrogen-bond acceptors (Lipinski definition) is 19. The van der Waals surface area contributed by atoms with E-state index in [0.717, 1.165) is 24.4 Å². The second-order valence-corrected chi connectivity index (χ2v) is 24.9.